The summed E-state index contributed by atoms with van der Waals surface area (Å²) in [7, 11) is 0. The van der Waals surface area contributed by atoms with Crippen LogP contribution in [0.1, 0.15) is 32.8 Å². The lowest BCUT2D eigenvalue weighted by Gasteiger charge is -2.17. The van der Waals surface area contributed by atoms with Crippen LogP contribution in [0, 0.1) is 6.92 Å². The third-order valence-corrected chi connectivity index (χ3v) is 5.05. The summed E-state index contributed by atoms with van der Waals surface area (Å²) in [5, 5.41) is 6.20. The van der Waals surface area contributed by atoms with Gasteiger partial charge in [-0.25, -0.2) is 4.98 Å². The van der Waals surface area contributed by atoms with Gasteiger partial charge in [0.15, 0.2) is 0 Å². The van der Waals surface area contributed by atoms with Crippen LogP contribution in [0.3, 0.4) is 0 Å². The molecule has 1 saturated heterocycles. The van der Waals surface area contributed by atoms with Gasteiger partial charge in [0.05, 0.1) is 5.56 Å². The lowest BCUT2D eigenvalue weighted by Crippen LogP contribution is -2.32. The molecule has 1 unspecified atom stereocenters. The van der Waals surface area contributed by atoms with E-state index in [1.54, 1.807) is 41.6 Å². The third-order valence-electron chi connectivity index (χ3n) is 5.05. The maximum Gasteiger partial charge on any atom is 0.272 e. The highest BCUT2D eigenvalue weighted by Gasteiger charge is 2.27. The largest absolute Gasteiger partial charge is 0.365 e. The van der Waals surface area contributed by atoms with E-state index in [1.807, 2.05) is 37.3 Å². The van der Waals surface area contributed by atoms with Crippen molar-refractivity contribution in [1.82, 2.24) is 14.9 Å². The second-order valence-corrected chi connectivity index (χ2v) is 7.35. The SMILES string of the molecule is Cc1ccc(NC(=O)c2ccc(NC3CCN(C(=O)c4ccccn4)C3)nc2)cc1. The number of nitrogens with one attached hydrogen (secondary N) is 2. The molecule has 4 rings (SSSR count). The molecular weight excluding hydrogens is 378 g/mol. The number of hydrogen-bond donors (Lipinski definition) is 2. The molecule has 0 aliphatic carbocycles. The van der Waals surface area contributed by atoms with Crippen molar-refractivity contribution in [3.05, 3.63) is 83.8 Å². The molecular formula is C23H23N5O2. The van der Waals surface area contributed by atoms with Gasteiger partial charge in [0, 0.05) is 37.2 Å². The van der Waals surface area contributed by atoms with Crippen LogP contribution in [0.4, 0.5) is 11.5 Å². The molecule has 0 spiro atoms. The lowest BCUT2D eigenvalue weighted by molar-refractivity contribution is 0.0785. The predicted octanol–water partition coefficient (Wildman–Crippen LogP) is 3.36. The normalized spacial score (nSPS) is 15.6. The molecule has 2 N–H and O–H groups in total. The minimum absolute atomic E-state index is 0.0593. The first-order chi connectivity index (χ1) is 14.6. The molecule has 0 bridgehead atoms. The van der Waals surface area contributed by atoms with Gasteiger partial charge in [-0.1, -0.05) is 23.8 Å². The fraction of sp³-hybridized carbons (Fsp3) is 0.217. The van der Waals surface area contributed by atoms with Crippen molar-refractivity contribution >= 4 is 23.3 Å². The number of amides is 2. The Balaban J connectivity index is 1.32. The first-order valence-electron chi connectivity index (χ1n) is 9.89. The number of likely N-dealkylation sites (tertiary alicyclic amines) is 1. The molecule has 3 aromatic rings. The molecule has 1 aliphatic rings. The zero-order chi connectivity index (χ0) is 20.9. The molecule has 3 heterocycles. The van der Waals surface area contributed by atoms with Crippen molar-refractivity contribution in [2.45, 2.75) is 19.4 Å². The minimum Gasteiger partial charge on any atom is -0.365 e. The number of anilines is 2. The number of nitrogens with zero attached hydrogens (tertiary/aromatic N) is 3. The number of rotatable bonds is 5. The Hall–Kier alpha value is -3.74. The highest BCUT2D eigenvalue weighted by atomic mass is 16.2. The third kappa shape index (κ3) is 4.63. The Morgan fingerprint density at radius 1 is 1.03 bits per heavy atom. The molecule has 1 fully saturated rings. The zero-order valence-electron chi connectivity index (χ0n) is 16.7. The summed E-state index contributed by atoms with van der Waals surface area (Å²) in [6, 6.07) is 16.6. The van der Waals surface area contributed by atoms with Crippen molar-refractivity contribution in [1.29, 1.82) is 0 Å². The summed E-state index contributed by atoms with van der Waals surface area (Å²) in [4.78, 5) is 35.2. The summed E-state index contributed by atoms with van der Waals surface area (Å²) < 4.78 is 0. The van der Waals surface area contributed by atoms with Crippen molar-refractivity contribution < 1.29 is 9.59 Å². The molecule has 0 radical (unpaired) electrons. The first-order valence-corrected chi connectivity index (χ1v) is 9.89. The monoisotopic (exact) mass is 401 g/mol. The van der Waals surface area contributed by atoms with Gasteiger partial charge in [0.25, 0.3) is 11.8 Å². The van der Waals surface area contributed by atoms with Gasteiger partial charge in [0.2, 0.25) is 0 Å². The topological polar surface area (TPSA) is 87.2 Å². The summed E-state index contributed by atoms with van der Waals surface area (Å²) in [6.45, 7) is 3.26. The van der Waals surface area contributed by atoms with Crippen LogP contribution in [-0.4, -0.2) is 45.8 Å². The van der Waals surface area contributed by atoms with Gasteiger partial charge in [0.1, 0.15) is 11.5 Å². The van der Waals surface area contributed by atoms with E-state index in [-0.39, 0.29) is 17.9 Å². The van der Waals surface area contributed by atoms with Crippen molar-refractivity contribution in [2.75, 3.05) is 23.7 Å². The van der Waals surface area contributed by atoms with Gasteiger partial charge in [-0.15, -0.1) is 0 Å². The van der Waals surface area contributed by atoms with Crippen molar-refractivity contribution in [3.8, 4) is 0 Å². The molecule has 2 amide bonds. The Bertz CT molecular complexity index is 1020. The van der Waals surface area contributed by atoms with Gasteiger partial charge >= 0.3 is 0 Å². The van der Waals surface area contributed by atoms with Crippen molar-refractivity contribution in [3.63, 3.8) is 0 Å². The van der Waals surface area contributed by atoms with E-state index in [1.165, 1.54) is 0 Å². The fourth-order valence-corrected chi connectivity index (χ4v) is 3.38. The van der Waals surface area contributed by atoms with Crippen LogP contribution in [0.15, 0.2) is 67.0 Å². The average molecular weight is 401 g/mol. The van der Waals surface area contributed by atoms with Crippen LogP contribution in [0.2, 0.25) is 0 Å². The van der Waals surface area contributed by atoms with E-state index >= 15 is 0 Å². The van der Waals surface area contributed by atoms with Crippen LogP contribution in [-0.2, 0) is 0 Å². The number of aryl methyl sites for hydroxylation is 1. The smallest absolute Gasteiger partial charge is 0.272 e. The Morgan fingerprint density at radius 3 is 2.57 bits per heavy atom. The Morgan fingerprint density at radius 2 is 1.87 bits per heavy atom. The number of hydrogen-bond acceptors (Lipinski definition) is 5. The van der Waals surface area contributed by atoms with Gasteiger partial charge in [-0.05, 0) is 49.7 Å². The maximum absolute atomic E-state index is 12.5. The number of carbonyl (C=O) groups excluding carboxylic acids is 2. The van der Waals surface area contributed by atoms with E-state index < -0.39 is 0 Å². The molecule has 7 nitrogen and oxygen atoms in total. The number of carbonyl (C=O) groups is 2. The van der Waals surface area contributed by atoms with E-state index in [0.29, 0.717) is 30.2 Å². The second-order valence-electron chi connectivity index (χ2n) is 7.35. The Labute approximate surface area is 175 Å². The van der Waals surface area contributed by atoms with Crippen molar-refractivity contribution in [2.24, 2.45) is 0 Å². The van der Waals surface area contributed by atoms with Gasteiger partial charge in [-0.2, -0.15) is 0 Å². The quantitative estimate of drug-likeness (QED) is 0.685. The van der Waals surface area contributed by atoms with Crippen LogP contribution < -0.4 is 10.6 Å². The minimum atomic E-state index is -0.203. The lowest BCUT2D eigenvalue weighted by atomic mass is 10.2. The number of benzene rings is 1. The molecule has 30 heavy (non-hydrogen) atoms. The second kappa shape index (κ2) is 8.73. The molecule has 152 valence electrons. The highest BCUT2D eigenvalue weighted by molar-refractivity contribution is 6.04. The maximum atomic E-state index is 12.5. The standard InChI is InChI=1S/C23H23N5O2/c1-16-5-8-18(9-6-16)27-22(29)17-7-10-21(25-14-17)26-19-11-13-28(15-19)23(30)20-4-2-3-12-24-20/h2-10,12,14,19H,11,13,15H2,1H3,(H,25,26)(H,27,29). The van der Waals surface area contributed by atoms with Crippen LogP contribution in [0.5, 0.6) is 0 Å². The predicted molar refractivity (Wildman–Crippen MR) is 116 cm³/mol. The number of aromatic nitrogens is 2. The molecule has 2 aromatic heterocycles. The van der Waals surface area contributed by atoms with E-state index in [0.717, 1.165) is 17.7 Å². The highest BCUT2D eigenvalue weighted by Crippen LogP contribution is 2.17. The fourth-order valence-electron chi connectivity index (χ4n) is 3.38. The molecule has 1 aliphatic heterocycles. The van der Waals surface area contributed by atoms with E-state index in [2.05, 4.69) is 20.6 Å². The van der Waals surface area contributed by atoms with E-state index in [4.69, 9.17) is 0 Å². The van der Waals surface area contributed by atoms with Gasteiger partial charge < -0.3 is 15.5 Å². The molecule has 1 aromatic carbocycles. The summed E-state index contributed by atoms with van der Waals surface area (Å²) in [5.41, 5.74) is 2.83. The zero-order valence-corrected chi connectivity index (χ0v) is 16.7. The molecule has 1 atom stereocenters. The average Bonchev–Trinajstić information content (AvgIpc) is 3.24. The summed E-state index contributed by atoms with van der Waals surface area (Å²) in [5.74, 6) is 0.418. The van der Waals surface area contributed by atoms with Gasteiger partial charge in [-0.3, -0.25) is 14.6 Å². The summed E-state index contributed by atoms with van der Waals surface area (Å²) >= 11 is 0. The number of pyridine rings is 2. The summed E-state index contributed by atoms with van der Waals surface area (Å²) in [6.07, 6.45) is 4.01. The van der Waals surface area contributed by atoms with Crippen LogP contribution in [0.25, 0.3) is 0 Å². The molecule has 7 heteroatoms. The molecule has 0 saturated carbocycles. The van der Waals surface area contributed by atoms with E-state index in [9.17, 15) is 9.59 Å². The Kier molecular flexibility index (Phi) is 5.70. The first kappa shape index (κ1) is 19.6. The van der Waals surface area contributed by atoms with Crippen LogP contribution >= 0.6 is 0 Å².